The highest BCUT2D eigenvalue weighted by Gasteiger charge is 2.11. The summed E-state index contributed by atoms with van der Waals surface area (Å²) in [5, 5.41) is 6.20. The molecule has 30 heavy (non-hydrogen) atoms. The van der Waals surface area contributed by atoms with E-state index in [0.717, 1.165) is 12.0 Å². The van der Waals surface area contributed by atoms with E-state index in [1.54, 1.807) is 30.9 Å². The number of hydrogen-bond acceptors (Lipinski definition) is 4. The third-order valence-corrected chi connectivity index (χ3v) is 5.85. The Morgan fingerprint density at radius 3 is 2.47 bits per heavy atom. The Hall–Kier alpha value is -1.40. The van der Waals surface area contributed by atoms with Gasteiger partial charge in [-0.1, -0.05) is 24.3 Å². The molecule has 2 aromatic rings. The second-order valence-electron chi connectivity index (χ2n) is 6.48. The van der Waals surface area contributed by atoms with Crippen molar-refractivity contribution >= 4 is 51.5 Å². The van der Waals surface area contributed by atoms with Crippen LogP contribution in [0.3, 0.4) is 0 Å². The first-order valence-corrected chi connectivity index (χ1v) is 12.2. The molecule has 0 fully saturated rings. The number of benzene rings is 2. The lowest BCUT2D eigenvalue weighted by molar-refractivity contribution is 0.599. The minimum atomic E-state index is -3.23. The molecule has 10 heteroatoms. The van der Waals surface area contributed by atoms with Crippen LogP contribution < -0.4 is 10.6 Å². The zero-order valence-corrected chi connectivity index (χ0v) is 20.8. The van der Waals surface area contributed by atoms with Gasteiger partial charge >= 0.3 is 0 Å². The number of nitrogens with one attached hydrogen (secondary N) is 2. The van der Waals surface area contributed by atoms with E-state index in [1.807, 2.05) is 6.07 Å². The maximum Gasteiger partial charge on any atom is 0.191 e. The molecule has 0 atom stereocenters. The minimum absolute atomic E-state index is 0. The van der Waals surface area contributed by atoms with Gasteiger partial charge in [0.05, 0.1) is 5.75 Å². The number of nitrogens with zero attached hydrogens (tertiary/aromatic N) is 1. The highest BCUT2D eigenvalue weighted by Crippen LogP contribution is 2.15. The van der Waals surface area contributed by atoms with Gasteiger partial charge in [-0.2, -0.15) is 11.8 Å². The zero-order valence-electron chi connectivity index (χ0n) is 16.8. The molecule has 2 rings (SSSR count). The lowest BCUT2D eigenvalue weighted by atomic mass is 10.1. The molecule has 0 spiro atoms. The average molecular weight is 569 g/mol. The Labute approximate surface area is 198 Å². The molecule has 0 bridgehead atoms. The topological polar surface area (TPSA) is 70.6 Å². The molecule has 2 aromatic carbocycles. The van der Waals surface area contributed by atoms with Crippen molar-refractivity contribution in [3.05, 3.63) is 70.8 Å². The van der Waals surface area contributed by atoms with Crippen LogP contribution in [0, 0.1) is 11.6 Å². The molecule has 0 saturated carbocycles. The molecular formula is C20H26F2IN3O2S2. The largest absolute Gasteiger partial charge is 0.356 e. The Morgan fingerprint density at radius 1 is 1.07 bits per heavy atom. The first-order chi connectivity index (χ1) is 13.8. The SMILES string of the molecule is CN=C(NCCSCc1ccccc1F)NCc1cc(F)ccc1CS(C)(=O)=O.I. The van der Waals surface area contributed by atoms with Crippen LogP contribution in [0.25, 0.3) is 0 Å². The highest BCUT2D eigenvalue weighted by atomic mass is 127. The van der Waals surface area contributed by atoms with Gasteiger partial charge in [-0.05, 0) is 34.9 Å². The second kappa shape index (κ2) is 13.1. The summed E-state index contributed by atoms with van der Waals surface area (Å²) in [4.78, 5) is 4.11. The Morgan fingerprint density at radius 2 is 1.80 bits per heavy atom. The van der Waals surface area contributed by atoms with E-state index in [9.17, 15) is 17.2 Å². The van der Waals surface area contributed by atoms with Gasteiger partial charge in [-0.15, -0.1) is 24.0 Å². The summed E-state index contributed by atoms with van der Waals surface area (Å²) in [5.74, 6) is 1.07. The van der Waals surface area contributed by atoms with Gasteiger partial charge in [-0.25, -0.2) is 17.2 Å². The lowest BCUT2D eigenvalue weighted by Crippen LogP contribution is -2.38. The van der Waals surface area contributed by atoms with Gasteiger partial charge in [0.15, 0.2) is 15.8 Å². The summed E-state index contributed by atoms with van der Waals surface area (Å²) in [6.45, 7) is 0.850. The number of sulfone groups is 1. The Bertz CT molecular complexity index is 957. The molecule has 0 saturated heterocycles. The van der Waals surface area contributed by atoms with Crippen LogP contribution in [0.15, 0.2) is 47.5 Å². The molecule has 0 heterocycles. The average Bonchev–Trinajstić information content (AvgIpc) is 2.66. The van der Waals surface area contributed by atoms with Crippen molar-refractivity contribution < 1.29 is 17.2 Å². The molecule has 0 unspecified atom stereocenters. The van der Waals surface area contributed by atoms with E-state index in [4.69, 9.17) is 0 Å². The van der Waals surface area contributed by atoms with Crippen molar-refractivity contribution in [3.8, 4) is 0 Å². The number of thioether (sulfide) groups is 1. The van der Waals surface area contributed by atoms with Gasteiger partial charge in [0.2, 0.25) is 0 Å². The molecule has 0 amide bonds. The molecule has 0 aliphatic carbocycles. The highest BCUT2D eigenvalue weighted by molar-refractivity contribution is 14.0. The fourth-order valence-corrected chi connectivity index (χ4v) is 4.31. The summed E-state index contributed by atoms with van der Waals surface area (Å²) in [5.41, 5.74) is 1.79. The van der Waals surface area contributed by atoms with E-state index in [1.165, 1.54) is 24.3 Å². The first-order valence-electron chi connectivity index (χ1n) is 8.99. The summed E-state index contributed by atoms with van der Waals surface area (Å²) < 4.78 is 50.3. The molecule has 0 aromatic heterocycles. The van der Waals surface area contributed by atoms with Gasteiger partial charge in [-0.3, -0.25) is 4.99 Å². The normalized spacial score (nSPS) is 11.7. The molecule has 5 nitrogen and oxygen atoms in total. The van der Waals surface area contributed by atoms with Gasteiger partial charge in [0.1, 0.15) is 11.6 Å². The molecule has 166 valence electrons. The van der Waals surface area contributed by atoms with Crippen LogP contribution in [-0.4, -0.2) is 40.0 Å². The third kappa shape index (κ3) is 9.61. The standard InChI is InChI=1S/C20H25F2N3O2S2.HI/c1-23-20(24-9-10-28-13-15-5-3-4-6-19(15)22)25-12-17-11-18(21)8-7-16(17)14-29(2,26)27;/h3-8,11H,9-10,12-14H2,1-2H3,(H2,23,24,25);1H. The predicted octanol–water partition coefficient (Wildman–Crippen LogP) is 3.73. The van der Waals surface area contributed by atoms with Crippen molar-refractivity contribution in [2.75, 3.05) is 25.6 Å². The predicted molar refractivity (Wildman–Crippen MR) is 131 cm³/mol. The van der Waals surface area contributed by atoms with Crippen molar-refractivity contribution in [3.63, 3.8) is 0 Å². The van der Waals surface area contributed by atoms with Gasteiger partial charge in [0.25, 0.3) is 0 Å². The van der Waals surface area contributed by atoms with E-state index in [0.29, 0.717) is 34.9 Å². The molecule has 0 radical (unpaired) electrons. The van der Waals surface area contributed by atoms with Crippen LogP contribution in [0.5, 0.6) is 0 Å². The van der Waals surface area contributed by atoms with E-state index >= 15 is 0 Å². The molecule has 0 aliphatic heterocycles. The van der Waals surface area contributed by atoms with Crippen molar-refractivity contribution in [1.82, 2.24) is 10.6 Å². The van der Waals surface area contributed by atoms with Crippen LogP contribution in [0.2, 0.25) is 0 Å². The fraction of sp³-hybridized carbons (Fsp3) is 0.350. The Balaban J connectivity index is 0.00000450. The third-order valence-electron chi connectivity index (χ3n) is 4.01. The number of rotatable bonds is 9. The minimum Gasteiger partial charge on any atom is -0.356 e. The van der Waals surface area contributed by atoms with Crippen LogP contribution in [0.1, 0.15) is 16.7 Å². The molecule has 0 aliphatic rings. The second-order valence-corrected chi connectivity index (χ2v) is 9.73. The van der Waals surface area contributed by atoms with E-state index in [2.05, 4.69) is 15.6 Å². The van der Waals surface area contributed by atoms with Gasteiger partial charge in [0, 0.05) is 37.9 Å². The molecular weight excluding hydrogens is 543 g/mol. The number of aliphatic imine (C=N–C) groups is 1. The summed E-state index contributed by atoms with van der Waals surface area (Å²) in [7, 11) is -1.61. The smallest absolute Gasteiger partial charge is 0.191 e. The summed E-state index contributed by atoms with van der Waals surface area (Å²) in [6.07, 6.45) is 1.15. The van der Waals surface area contributed by atoms with Gasteiger partial charge < -0.3 is 10.6 Å². The Kier molecular flexibility index (Phi) is 11.6. The monoisotopic (exact) mass is 569 g/mol. The number of hydrogen-bond donors (Lipinski definition) is 2. The van der Waals surface area contributed by atoms with Crippen LogP contribution in [0.4, 0.5) is 8.78 Å². The quantitative estimate of drug-likeness (QED) is 0.209. The fourth-order valence-electron chi connectivity index (χ4n) is 2.62. The first kappa shape index (κ1) is 26.6. The van der Waals surface area contributed by atoms with E-state index in [-0.39, 0.29) is 42.1 Å². The van der Waals surface area contributed by atoms with Crippen LogP contribution in [-0.2, 0) is 27.9 Å². The molecule has 2 N–H and O–H groups in total. The van der Waals surface area contributed by atoms with Crippen molar-refractivity contribution in [2.45, 2.75) is 18.1 Å². The summed E-state index contributed by atoms with van der Waals surface area (Å²) in [6, 6.07) is 10.8. The van der Waals surface area contributed by atoms with Crippen molar-refractivity contribution in [1.29, 1.82) is 0 Å². The van der Waals surface area contributed by atoms with E-state index < -0.39 is 15.7 Å². The maximum atomic E-state index is 13.6. The van der Waals surface area contributed by atoms with Crippen LogP contribution >= 0.6 is 35.7 Å². The zero-order chi connectivity index (χ0) is 21.3. The summed E-state index contributed by atoms with van der Waals surface area (Å²) >= 11 is 1.60. The lowest BCUT2D eigenvalue weighted by Gasteiger charge is -2.14. The maximum absolute atomic E-state index is 13.6. The van der Waals surface area contributed by atoms with Crippen molar-refractivity contribution in [2.24, 2.45) is 4.99 Å². The number of halogens is 3. The number of guanidine groups is 1.